The molecule has 1 aromatic heterocycles. The fourth-order valence-electron chi connectivity index (χ4n) is 1.40. The highest BCUT2D eigenvalue weighted by Gasteiger charge is 2.06. The maximum Gasteiger partial charge on any atom is 0.140 e. The molecule has 0 saturated heterocycles. The zero-order chi connectivity index (χ0) is 12.0. The summed E-state index contributed by atoms with van der Waals surface area (Å²) >= 11 is 0. The summed E-state index contributed by atoms with van der Waals surface area (Å²) in [5.41, 5.74) is 0. The lowest BCUT2D eigenvalue weighted by molar-refractivity contribution is 0.301. The molecule has 1 unspecified atom stereocenters. The van der Waals surface area contributed by atoms with Crippen LogP contribution in [0.5, 0.6) is 0 Å². The van der Waals surface area contributed by atoms with E-state index in [4.69, 9.17) is 0 Å². The monoisotopic (exact) mass is 225 g/mol. The van der Waals surface area contributed by atoms with E-state index in [1.165, 1.54) is 0 Å². The Morgan fingerprint density at radius 2 is 2.25 bits per heavy atom. The first kappa shape index (κ1) is 13.1. The quantitative estimate of drug-likeness (QED) is 0.743. The van der Waals surface area contributed by atoms with E-state index in [-0.39, 0.29) is 0 Å². The number of nitrogens with zero attached hydrogens (tertiary/aromatic N) is 4. The van der Waals surface area contributed by atoms with Gasteiger partial charge < -0.3 is 10.2 Å². The molecule has 0 spiro atoms. The molecule has 1 atom stereocenters. The smallest absolute Gasteiger partial charge is 0.140 e. The van der Waals surface area contributed by atoms with Gasteiger partial charge >= 0.3 is 0 Å². The highest BCUT2D eigenvalue weighted by Crippen LogP contribution is 1.96. The van der Waals surface area contributed by atoms with E-state index in [0.29, 0.717) is 6.04 Å². The average molecular weight is 225 g/mol. The van der Waals surface area contributed by atoms with Crippen molar-refractivity contribution in [2.75, 3.05) is 20.6 Å². The molecule has 5 heteroatoms. The lowest BCUT2D eigenvalue weighted by Gasteiger charge is -2.19. The van der Waals surface area contributed by atoms with Gasteiger partial charge in [0.25, 0.3) is 0 Å². The summed E-state index contributed by atoms with van der Waals surface area (Å²) in [6.07, 6.45) is 2.71. The molecule has 5 nitrogen and oxygen atoms in total. The second kappa shape index (κ2) is 6.60. The summed E-state index contributed by atoms with van der Waals surface area (Å²) in [7, 11) is 4.18. The van der Waals surface area contributed by atoms with Gasteiger partial charge in [-0.2, -0.15) is 5.10 Å². The van der Waals surface area contributed by atoms with Gasteiger partial charge in [-0.25, -0.2) is 9.67 Å². The lowest BCUT2D eigenvalue weighted by Crippen LogP contribution is -2.35. The topological polar surface area (TPSA) is 46.0 Å². The minimum absolute atomic E-state index is 0.530. The Balaban J connectivity index is 2.34. The first-order valence-electron chi connectivity index (χ1n) is 5.89. The van der Waals surface area contributed by atoms with E-state index >= 15 is 0 Å². The molecule has 0 aliphatic heterocycles. The van der Waals surface area contributed by atoms with Gasteiger partial charge in [-0.1, -0.05) is 6.92 Å². The summed E-state index contributed by atoms with van der Waals surface area (Å²) < 4.78 is 1.97. The summed E-state index contributed by atoms with van der Waals surface area (Å²) in [5.74, 6) is 1.02. The number of likely N-dealkylation sites (N-methyl/N-ethyl adjacent to an activating group) is 1. The van der Waals surface area contributed by atoms with Gasteiger partial charge in [0.2, 0.25) is 0 Å². The molecule has 1 N–H and O–H groups in total. The lowest BCUT2D eigenvalue weighted by atomic mass is 10.3. The Bertz CT molecular complexity index is 294. The SMILES string of the molecule is CCCn1ncnc1CNCC(C)N(C)C. The number of hydrogen-bond acceptors (Lipinski definition) is 4. The third-order valence-corrected chi connectivity index (χ3v) is 2.74. The molecule has 0 saturated carbocycles. The van der Waals surface area contributed by atoms with Crippen LogP contribution in [-0.4, -0.2) is 46.3 Å². The standard InChI is InChI=1S/C11H23N5/c1-5-6-16-11(13-9-14-16)8-12-7-10(2)15(3)4/h9-10,12H,5-8H2,1-4H3. The Morgan fingerprint density at radius 1 is 1.50 bits per heavy atom. The van der Waals surface area contributed by atoms with Crippen LogP contribution >= 0.6 is 0 Å². The fraction of sp³-hybridized carbons (Fsp3) is 0.818. The summed E-state index contributed by atoms with van der Waals surface area (Å²) in [5, 5.41) is 7.60. The van der Waals surface area contributed by atoms with Crippen molar-refractivity contribution < 1.29 is 0 Å². The van der Waals surface area contributed by atoms with E-state index in [9.17, 15) is 0 Å². The number of aryl methyl sites for hydroxylation is 1. The van der Waals surface area contributed by atoms with Crippen LogP contribution in [0.1, 0.15) is 26.1 Å². The molecule has 0 radical (unpaired) electrons. The molecule has 1 rings (SSSR count). The van der Waals surface area contributed by atoms with Crippen LogP contribution in [0.15, 0.2) is 6.33 Å². The van der Waals surface area contributed by atoms with Gasteiger partial charge in [0.1, 0.15) is 12.2 Å². The van der Waals surface area contributed by atoms with Crippen molar-refractivity contribution in [3.8, 4) is 0 Å². The van der Waals surface area contributed by atoms with Crippen LogP contribution in [0.2, 0.25) is 0 Å². The van der Waals surface area contributed by atoms with Crippen molar-refractivity contribution in [1.82, 2.24) is 25.0 Å². The molecule has 0 aliphatic rings. The van der Waals surface area contributed by atoms with Crippen LogP contribution in [0.3, 0.4) is 0 Å². The van der Waals surface area contributed by atoms with E-state index < -0.39 is 0 Å². The molecular weight excluding hydrogens is 202 g/mol. The molecule has 16 heavy (non-hydrogen) atoms. The molecule has 1 heterocycles. The minimum Gasteiger partial charge on any atom is -0.308 e. The van der Waals surface area contributed by atoms with Crippen LogP contribution in [-0.2, 0) is 13.1 Å². The summed E-state index contributed by atoms with van der Waals surface area (Å²) in [6.45, 7) is 7.04. The molecular formula is C11H23N5. The van der Waals surface area contributed by atoms with Crippen molar-refractivity contribution in [2.45, 2.75) is 39.4 Å². The first-order chi connectivity index (χ1) is 7.65. The predicted molar refractivity (Wildman–Crippen MR) is 65.2 cm³/mol. The first-order valence-corrected chi connectivity index (χ1v) is 5.89. The molecule has 0 aliphatic carbocycles. The van der Waals surface area contributed by atoms with Crippen LogP contribution in [0.4, 0.5) is 0 Å². The second-order valence-corrected chi connectivity index (χ2v) is 4.34. The Kier molecular flexibility index (Phi) is 5.42. The minimum atomic E-state index is 0.530. The van der Waals surface area contributed by atoms with Crippen molar-refractivity contribution in [3.05, 3.63) is 12.2 Å². The Morgan fingerprint density at radius 3 is 2.88 bits per heavy atom. The average Bonchev–Trinajstić information content (AvgIpc) is 2.66. The fourth-order valence-corrected chi connectivity index (χ4v) is 1.40. The van der Waals surface area contributed by atoms with Gasteiger partial charge in [0.15, 0.2) is 0 Å². The maximum absolute atomic E-state index is 4.25. The van der Waals surface area contributed by atoms with Crippen molar-refractivity contribution in [2.24, 2.45) is 0 Å². The molecule has 0 amide bonds. The van der Waals surface area contributed by atoms with E-state index in [1.54, 1.807) is 6.33 Å². The Hall–Kier alpha value is -0.940. The number of rotatable bonds is 7. The molecule has 92 valence electrons. The Labute approximate surface area is 97.9 Å². The summed E-state index contributed by atoms with van der Waals surface area (Å²) in [4.78, 5) is 6.45. The van der Waals surface area contributed by atoms with E-state index in [2.05, 4.69) is 48.2 Å². The maximum atomic E-state index is 4.25. The van der Waals surface area contributed by atoms with E-state index in [1.807, 2.05) is 4.68 Å². The van der Waals surface area contributed by atoms with Gasteiger partial charge in [0.05, 0.1) is 6.54 Å². The molecule has 1 aromatic rings. The van der Waals surface area contributed by atoms with Crippen LogP contribution in [0, 0.1) is 0 Å². The van der Waals surface area contributed by atoms with Gasteiger partial charge in [-0.05, 0) is 27.4 Å². The van der Waals surface area contributed by atoms with Gasteiger partial charge in [-0.15, -0.1) is 0 Å². The number of nitrogens with one attached hydrogen (secondary N) is 1. The molecule has 0 fully saturated rings. The highest BCUT2D eigenvalue weighted by atomic mass is 15.3. The van der Waals surface area contributed by atoms with Crippen molar-refractivity contribution >= 4 is 0 Å². The van der Waals surface area contributed by atoms with Crippen LogP contribution < -0.4 is 5.32 Å². The van der Waals surface area contributed by atoms with Gasteiger partial charge in [-0.3, -0.25) is 0 Å². The second-order valence-electron chi connectivity index (χ2n) is 4.34. The summed E-state index contributed by atoms with van der Waals surface area (Å²) in [6, 6.07) is 0.530. The van der Waals surface area contributed by atoms with Crippen molar-refractivity contribution in [1.29, 1.82) is 0 Å². The number of hydrogen-bond donors (Lipinski definition) is 1. The highest BCUT2D eigenvalue weighted by molar-refractivity contribution is 4.84. The predicted octanol–water partition coefficient (Wildman–Crippen LogP) is 0.728. The molecule has 0 bridgehead atoms. The zero-order valence-corrected chi connectivity index (χ0v) is 10.8. The largest absolute Gasteiger partial charge is 0.308 e. The third-order valence-electron chi connectivity index (χ3n) is 2.74. The van der Waals surface area contributed by atoms with Crippen LogP contribution in [0.25, 0.3) is 0 Å². The van der Waals surface area contributed by atoms with Gasteiger partial charge in [0, 0.05) is 19.1 Å². The van der Waals surface area contributed by atoms with Crippen molar-refractivity contribution in [3.63, 3.8) is 0 Å². The third kappa shape index (κ3) is 3.90. The zero-order valence-electron chi connectivity index (χ0n) is 10.8. The number of aromatic nitrogens is 3. The van der Waals surface area contributed by atoms with E-state index in [0.717, 1.165) is 31.9 Å². The molecule has 0 aromatic carbocycles. The normalized spacial score (nSPS) is 13.3.